The highest BCUT2D eigenvalue weighted by Crippen LogP contribution is 2.35. The first kappa shape index (κ1) is 18.2. The van der Waals surface area contributed by atoms with Crippen LogP contribution in [-0.4, -0.2) is 28.8 Å². The van der Waals surface area contributed by atoms with Crippen molar-refractivity contribution in [1.29, 1.82) is 0 Å². The molecule has 2 heterocycles. The Morgan fingerprint density at radius 3 is 2.33 bits per heavy atom. The molecule has 0 amide bonds. The summed E-state index contributed by atoms with van der Waals surface area (Å²) < 4.78 is 13.6. The van der Waals surface area contributed by atoms with Crippen LogP contribution in [0.2, 0.25) is 0 Å². The largest absolute Gasteiger partial charge is 0.347 e. The van der Waals surface area contributed by atoms with Gasteiger partial charge in [-0.2, -0.15) is 5.10 Å². The molecule has 4 nitrogen and oxygen atoms in total. The summed E-state index contributed by atoms with van der Waals surface area (Å²) in [5, 5.41) is 4.46. The third-order valence-corrected chi connectivity index (χ3v) is 3.49. The first-order valence-electron chi connectivity index (χ1n) is 8.45. The van der Waals surface area contributed by atoms with Crippen molar-refractivity contribution in [3.8, 4) is 0 Å². The molecule has 3 rings (SSSR count). The van der Waals surface area contributed by atoms with Gasteiger partial charge in [0, 0.05) is 24.6 Å². The Morgan fingerprint density at radius 2 is 1.81 bits per heavy atom. The lowest BCUT2D eigenvalue weighted by Gasteiger charge is -2.31. The van der Waals surface area contributed by atoms with E-state index in [0.717, 1.165) is 32.5 Å². The Hall–Kier alpha value is -0.870. The lowest BCUT2D eigenvalue weighted by atomic mass is 9.92. The predicted octanol–water partition coefficient (Wildman–Crippen LogP) is 4.14. The van der Waals surface area contributed by atoms with Gasteiger partial charge in [0.25, 0.3) is 0 Å². The smallest absolute Gasteiger partial charge is 0.172 e. The first-order valence-corrected chi connectivity index (χ1v) is 8.45. The van der Waals surface area contributed by atoms with Crippen LogP contribution < -0.4 is 0 Å². The maximum Gasteiger partial charge on any atom is 0.172 e. The zero-order valence-electron chi connectivity index (χ0n) is 14.6. The van der Waals surface area contributed by atoms with E-state index < -0.39 is 0 Å². The van der Waals surface area contributed by atoms with Crippen molar-refractivity contribution in [3.05, 3.63) is 17.5 Å². The van der Waals surface area contributed by atoms with Gasteiger partial charge in [-0.1, -0.05) is 34.1 Å². The first-order chi connectivity index (χ1) is 10.1. The maximum atomic E-state index is 5.75. The van der Waals surface area contributed by atoms with Crippen LogP contribution in [0.5, 0.6) is 0 Å². The molecule has 1 aliphatic carbocycles. The van der Waals surface area contributed by atoms with E-state index in [4.69, 9.17) is 9.47 Å². The molecule has 1 spiro atoms. The second-order valence-electron chi connectivity index (χ2n) is 5.65. The number of fused-ring (bicyclic) bond motifs is 1. The molecule has 0 aromatic carbocycles. The summed E-state index contributed by atoms with van der Waals surface area (Å²) in [5.41, 5.74) is 2.65. The average Bonchev–Trinajstić information content (AvgIpc) is 3.09. The van der Waals surface area contributed by atoms with Crippen molar-refractivity contribution in [2.24, 2.45) is 0 Å². The third kappa shape index (κ3) is 4.30. The van der Waals surface area contributed by atoms with Gasteiger partial charge >= 0.3 is 0 Å². The molecular formula is C17H32N2O2. The minimum absolute atomic E-state index is 0.335. The molecule has 1 aromatic rings. The van der Waals surface area contributed by atoms with Crippen LogP contribution in [0.15, 0.2) is 6.20 Å². The van der Waals surface area contributed by atoms with Crippen molar-refractivity contribution < 1.29 is 9.47 Å². The van der Waals surface area contributed by atoms with E-state index in [1.807, 2.05) is 20.0 Å². The quantitative estimate of drug-likeness (QED) is 0.781. The second-order valence-corrected chi connectivity index (χ2v) is 5.65. The van der Waals surface area contributed by atoms with Gasteiger partial charge in [0.15, 0.2) is 5.79 Å². The molecule has 1 fully saturated rings. The fraction of sp³-hybridized carbons (Fsp3) is 0.824. The highest BCUT2D eigenvalue weighted by molar-refractivity contribution is 5.24. The molecule has 1 aliphatic heterocycles. The number of aromatic nitrogens is 2. The molecule has 2 aliphatic rings. The monoisotopic (exact) mass is 296 g/mol. The van der Waals surface area contributed by atoms with Gasteiger partial charge in [-0.3, -0.25) is 4.68 Å². The Morgan fingerprint density at radius 1 is 1.24 bits per heavy atom. The fourth-order valence-corrected chi connectivity index (χ4v) is 2.72. The summed E-state index contributed by atoms with van der Waals surface area (Å²) in [6.45, 7) is 14.0. The van der Waals surface area contributed by atoms with Crippen molar-refractivity contribution in [3.63, 3.8) is 0 Å². The zero-order chi connectivity index (χ0) is 15.9. The molecule has 0 atom stereocenters. The minimum Gasteiger partial charge on any atom is -0.347 e. The highest BCUT2D eigenvalue weighted by atomic mass is 16.7. The number of hydrogen-bond donors (Lipinski definition) is 0. The van der Waals surface area contributed by atoms with E-state index in [9.17, 15) is 0 Å². The molecule has 0 radical (unpaired) electrons. The zero-order valence-corrected chi connectivity index (χ0v) is 14.6. The minimum atomic E-state index is -0.335. The van der Waals surface area contributed by atoms with Crippen LogP contribution in [0.25, 0.3) is 0 Å². The number of hydrogen-bond acceptors (Lipinski definition) is 3. The van der Waals surface area contributed by atoms with E-state index in [-0.39, 0.29) is 5.79 Å². The second kappa shape index (κ2) is 8.54. The van der Waals surface area contributed by atoms with Crippen LogP contribution in [0.4, 0.5) is 0 Å². The lowest BCUT2D eigenvalue weighted by molar-refractivity contribution is -0.164. The van der Waals surface area contributed by atoms with Crippen molar-refractivity contribution in [2.45, 2.75) is 79.1 Å². The Kier molecular flexibility index (Phi) is 7.40. The summed E-state index contributed by atoms with van der Waals surface area (Å²) >= 11 is 0. The van der Waals surface area contributed by atoms with Gasteiger partial charge in [0.1, 0.15) is 0 Å². The van der Waals surface area contributed by atoms with Crippen LogP contribution in [-0.2, 0) is 22.3 Å². The number of rotatable bonds is 1. The summed E-state index contributed by atoms with van der Waals surface area (Å²) in [5.74, 6) is -0.335. The van der Waals surface area contributed by atoms with Gasteiger partial charge in [0.2, 0.25) is 0 Å². The van der Waals surface area contributed by atoms with Crippen molar-refractivity contribution in [1.82, 2.24) is 9.78 Å². The standard InChI is InChI=1S/C12H18N2O2.C3H8.C2H6/c1-9(2)14-11-3-4-12(15-5-6-16-12)7-10(11)8-13-14;1-3-2;1-2/h8-9H,3-7H2,1-2H3;3H2,1-2H3;1-2H3. The van der Waals surface area contributed by atoms with E-state index >= 15 is 0 Å². The van der Waals surface area contributed by atoms with Gasteiger partial charge < -0.3 is 9.47 Å². The molecule has 0 bridgehead atoms. The lowest BCUT2D eigenvalue weighted by Crippen LogP contribution is -2.37. The number of ether oxygens (including phenoxy) is 2. The molecule has 21 heavy (non-hydrogen) atoms. The van der Waals surface area contributed by atoms with E-state index in [2.05, 4.69) is 37.5 Å². The Bertz CT molecular complexity index is 407. The van der Waals surface area contributed by atoms with Crippen LogP contribution in [0.1, 0.15) is 71.7 Å². The fourth-order valence-electron chi connectivity index (χ4n) is 2.72. The summed E-state index contributed by atoms with van der Waals surface area (Å²) in [6, 6.07) is 0.434. The molecule has 0 saturated carbocycles. The molecule has 0 unspecified atom stereocenters. The van der Waals surface area contributed by atoms with Gasteiger partial charge in [-0.15, -0.1) is 0 Å². The Labute approximate surface area is 129 Å². The normalized spacial score (nSPS) is 18.6. The summed E-state index contributed by atoms with van der Waals surface area (Å²) in [4.78, 5) is 0. The molecule has 1 aromatic heterocycles. The average molecular weight is 296 g/mol. The molecular weight excluding hydrogens is 264 g/mol. The molecule has 1 saturated heterocycles. The van der Waals surface area contributed by atoms with Crippen LogP contribution in [0, 0.1) is 0 Å². The summed E-state index contributed by atoms with van der Waals surface area (Å²) in [7, 11) is 0. The van der Waals surface area contributed by atoms with Crippen molar-refractivity contribution in [2.75, 3.05) is 13.2 Å². The predicted molar refractivity (Wildman–Crippen MR) is 86.6 cm³/mol. The van der Waals surface area contributed by atoms with Gasteiger partial charge in [-0.25, -0.2) is 0 Å². The van der Waals surface area contributed by atoms with Crippen LogP contribution >= 0.6 is 0 Å². The topological polar surface area (TPSA) is 36.3 Å². The molecule has 0 N–H and O–H groups in total. The Balaban J connectivity index is 0.000000395. The van der Waals surface area contributed by atoms with E-state index in [0.29, 0.717) is 6.04 Å². The summed E-state index contributed by atoms with van der Waals surface area (Å²) in [6.07, 6.45) is 6.04. The van der Waals surface area contributed by atoms with Gasteiger partial charge in [0.05, 0.1) is 19.4 Å². The third-order valence-electron chi connectivity index (χ3n) is 3.49. The molecule has 4 heteroatoms. The maximum absolute atomic E-state index is 5.75. The van der Waals surface area contributed by atoms with Gasteiger partial charge in [-0.05, 0) is 25.8 Å². The highest BCUT2D eigenvalue weighted by Gasteiger charge is 2.41. The van der Waals surface area contributed by atoms with Crippen LogP contribution in [0.3, 0.4) is 0 Å². The van der Waals surface area contributed by atoms with E-state index in [1.165, 1.54) is 17.7 Å². The van der Waals surface area contributed by atoms with Crippen molar-refractivity contribution >= 4 is 0 Å². The number of nitrogens with zero attached hydrogens (tertiary/aromatic N) is 2. The van der Waals surface area contributed by atoms with E-state index in [1.54, 1.807) is 0 Å². The molecule has 122 valence electrons. The SMILES string of the molecule is CC.CC(C)n1ncc2c1CCC1(C2)OCCO1.CCC.